The number of aryl methyl sites for hydroxylation is 1. The van der Waals surface area contributed by atoms with E-state index < -0.39 is 0 Å². The van der Waals surface area contributed by atoms with Crippen LogP contribution in [0.15, 0.2) is 35.3 Å². The number of aliphatic hydroxyl groups excluding tert-OH is 1. The number of morpholine rings is 2. The van der Waals surface area contributed by atoms with Crippen molar-refractivity contribution in [1.82, 2.24) is 14.5 Å². The molecular weight excluding hydrogens is 494 g/mol. The molecule has 1 aromatic carbocycles. The first-order valence-corrected chi connectivity index (χ1v) is 14.3. The van der Waals surface area contributed by atoms with Crippen LogP contribution in [0.3, 0.4) is 0 Å². The van der Waals surface area contributed by atoms with Crippen molar-refractivity contribution >= 4 is 22.7 Å². The maximum atomic E-state index is 12.7. The number of anilines is 2. The average Bonchev–Trinajstić information content (AvgIpc) is 2.99. The Morgan fingerprint density at radius 3 is 2.74 bits per heavy atom. The number of hydrogen-bond donors (Lipinski definition) is 1. The third-order valence-corrected chi connectivity index (χ3v) is 8.74. The molecule has 0 unspecified atom stereocenters. The van der Waals surface area contributed by atoms with Gasteiger partial charge in [0.15, 0.2) is 0 Å². The highest BCUT2D eigenvalue weighted by molar-refractivity contribution is 5.94. The van der Waals surface area contributed by atoms with Crippen molar-refractivity contribution < 1.29 is 14.6 Å². The van der Waals surface area contributed by atoms with Gasteiger partial charge < -0.3 is 28.9 Å². The van der Waals surface area contributed by atoms with Crippen LogP contribution in [0.4, 0.5) is 11.8 Å². The van der Waals surface area contributed by atoms with Crippen LogP contribution in [0.1, 0.15) is 37.7 Å². The molecule has 2 aliphatic heterocycles. The highest BCUT2D eigenvalue weighted by Crippen LogP contribution is 2.37. The van der Waals surface area contributed by atoms with E-state index in [-0.39, 0.29) is 24.3 Å². The van der Waals surface area contributed by atoms with Crippen molar-refractivity contribution in [2.24, 2.45) is 13.0 Å². The summed E-state index contributed by atoms with van der Waals surface area (Å²) in [6.07, 6.45) is 7.88. The molecule has 1 saturated carbocycles. The number of aliphatic hydroxyl groups is 1. The molecule has 2 saturated heterocycles. The van der Waals surface area contributed by atoms with Crippen LogP contribution in [-0.2, 0) is 16.5 Å². The summed E-state index contributed by atoms with van der Waals surface area (Å²) in [6, 6.07) is 8.54. The second-order valence-corrected chi connectivity index (χ2v) is 11.2. The Morgan fingerprint density at radius 1 is 1.08 bits per heavy atom. The zero-order valence-electron chi connectivity index (χ0n) is 23.0. The largest absolute Gasteiger partial charge is 0.394 e. The maximum absolute atomic E-state index is 12.7. The summed E-state index contributed by atoms with van der Waals surface area (Å²) in [5, 5.41) is 10.7. The fraction of sp³-hybridized carbons (Fsp3) is 0.567. The van der Waals surface area contributed by atoms with Crippen molar-refractivity contribution in [3.63, 3.8) is 0 Å². The summed E-state index contributed by atoms with van der Waals surface area (Å²) in [7, 11) is 1.78. The van der Waals surface area contributed by atoms with Gasteiger partial charge in [-0.1, -0.05) is 25.3 Å². The lowest BCUT2D eigenvalue weighted by atomic mass is 9.83. The summed E-state index contributed by atoms with van der Waals surface area (Å²) in [6.45, 7) is 5.80. The van der Waals surface area contributed by atoms with E-state index in [4.69, 9.17) is 19.4 Å². The fourth-order valence-corrected chi connectivity index (χ4v) is 6.51. The topological polar surface area (TPSA) is 92.9 Å². The molecule has 2 atom stereocenters. The third-order valence-electron chi connectivity index (χ3n) is 8.74. The van der Waals surface area contributed by atoms with Gasteiger partial charge in [0.2, 0.25) is 5.95 Å². The van der Waals surface area contributed by atoms with Crippen molar-refractivity contribution in [2.45, 2.75) is 51.2 Å². The summed E-state index contributed by atoms with van der Waals surface area (Å²) >= 11 is 0. The molecule has 0 amide bonds. The zero-order chi connectivity index (χ0) is 26.9. The standard InChI is InChI=1S/C30H39N5O4/c1-20-24(10-11-33(2)29(20)37)22-8-9-26-25(16-22)28(32-30(31-26)34-12-15-39-23(17-34)18-36)35-13-14-38-19-27(35)21-6-4-3-5-7-21/h8-11,16,21,23,27,36H,3-7,12-15,17-19H2,1-2H3/t23-,27+/m0/s1. The van der Waals surface area contributed by atoms with Crippen LogP contribution in [0.5, 0.6) is 0 Å². The van der Waals surface area contributed by atoms with Crippen LogP contribution >= 0.6 is 0 Å². The van der Waals surface area contributed by atoms with E-state index >= 15 is 0 Å². The van der Waals surface area contributed by atoms with E-state index in [0.29, 0.717) is 44.8 Å². The van der Waals surface area contributed by atoms with Gasteiger partial charge in [0.25, 0.3) is 5.56 Å². The first-order valence-electron chi connectivity index (χ1n) is 14.3. The Hall–Kier alpha value is -3.01. The van der Waals surface area contributed by atoms with Gasteiger partial charge in [-0.15, -0.1) is 0 Å². The molecule has 1 N–H and O–H groups in total. The Labute approximate surface area is 229 Å². The molecule has 3 aromatic rings. The van der Waals surface area contributed by atoms with Crippen LogP contribution in [-0.4, -0.2) is 77.8 Å². The molecule has 9 heteroatoms. The van der Waals surface area contributed by atoms with E-state index in [2.05, 4.69) is 28.0 Å². The molecule has 9 nitrogen and oxygen atoms in total. The van der Waals surface area contributed by atoms with Crippen molar-refractivity contribution in [3.8, 4) is 11.1 Å². The van der Waals surface area contributed by atoms with Crippen molar-refractivity contribution in [3.05, 3.63) is 46.4 Å². The van der Waals surface area contributed by atoms with Crippen LogP contribution < -0.4 is 15.4 Å². The second-order valence-electron chi connectivity index (χ2n) is 11.2. The highest BCUT2D eigenvalue weighted by Gasteiger charge is 2.34. The van der Waals surface area contributed by atoms with Crippen LogP contribution in [0.2, 0.25) is 0 Å². The van der Waals surface area contributed by atoms with E-state index in [1.54, 1.807) is 11.6 Å². The third kappa shape index (κ3) is 5.15. The van der Waals surface area contributed by atoms with Gasteiger partial charge in [-0.25, -0.2) is 4.98 Å². The second kappa shape index (κ2) is 11.2. The minimum atomic E-state index is -0.245. The lowest BCUT2D eigenvalue weighted by Gasteiger charge is -2.43. The lowest BCUT2D eigenvalue weighted by Crippen LogP contribution is -2.51. The van der Waals surface area contributed by atoms with Gasteiger partial charge in [-0.2, -0.15) is 4.98 Å². The Bertz CT molecular complexity index is 1390. The first-order chi connectivity index (χ1) is 19.0. The van der Waals surface area contributed by atoms with E-state index in [0.717, 1.165) is 40.0 Å². The Kier molecular flexibility index (Phi) is 7.55. The summed E-state index contributed by atoms with van der Waals surface area (Å²) in [5.41, 5.74) is 3.54. The average molecular weight is 534 g/mol. The lowest BCUT2D eigenvalue weighted by molar-refractivity contribution is 0.00315. The quantitative estimate of drug-likeness (QED) is 0.534. The number of aromatic nitrogens is 3. The van der Waals surface area contributed by atoms with Crippen molar-refractivity contribution in [2.75, 3.05) is 55.9 Å². The maximum Gasteiger partial charge on any atom is 0.253 e. The SMILES string of the molecule is Cc1c(-c2ccc3nc(N4CCO[C@H](CO)C4)nc(N4CCOC[C@@H]4C4CCCCC4)c3c2)ccn(C)c1=O. The van der Waals surface area contributed by atoms with Crippen molar-refractivity contribution in [1.29, 1.82) is 0 Å². The van der Waals surface area contributed by atoms with Crippen LogP contribution in [0.25, 0.3) is 22.0 Å². The number of fused-ring (bicyclic) bond motifs is 1. The normalized spacial score (nSPS) is 22.9. The molecule has 0 radical (unpaired) electrons. The highest BCUT2D eigenvalue weighted by atomic mass is 16.5. The summed E-state index contributed by atoms with van der Waals surface area (Å²) < 4.78 is 13.3. The van der Waals surface area contributed by atoms with E-state index in [1.165, 1.54) is 32.1 Å². The van der Waals surface area contributed by atoms with Crippen LogP contribution in [0, 0.1) is 12.8 Å². The molecule has 3 fully saturated rings. The predicted molar refractivity (Wildman–Crippen MR) is 153 cm³/mol. The monoisotopic (exact) mass is 533 g/mol. The Balaban J connectivity index is 1.48. The van der Waals surface area contributed by atoms with Gasteiger partial charge >= 0.3 is 0 Å². The molecule has 1 aliphatic carbocycles. The van der Waals surface area contributed by atoms with Gasteiger partial charge in [-0.05, 0) is 55.0 Å². The minimum absolute atomic E-state index is 0.00992. The predicted octanol–water partition coefficient (Wildman–Crippen LogP) is 3.29. The van der Waals surface area contributed by atoms with E-state index in [1.807, 2.05) is 19.2 Å². The molecule has 2 aromatic heterocycles. The number of pyridine rings is 1. The van der Waals surface area contributed by atoms with E-state index in [9.17, 15) is 9.90 Å². The Morgan fingerprint density at radius 2 is 1.92 bits per heavy atom. The summed E-state index contributed by atoms with van der Waals surface area (Å²) in [4.78, 5) is 27.5. The molecule has 4 heterocycles. The number of benzene rings is 1. The molecule has 6 rings (SSSR count). The first kappa shape index (κ1) is 26.2. The molecular formula is C30H39N5O4. The van der Waals surface area contributed by atoms with Gasteiger partial charge in [0, 0.05) is 43.8 Å². The van der Waals surface area contributed by atoms with Gasteiger partial charge in [0.1, 0.15) is 5.82 Å². The number of nitrogens with zero attached hydrogens (tertiary/aromatic N) is 5. The molecule has 0 bridgehead atoms. The molecule has 0 spiro atoms. The van der Waals surface area contributed by atoms with Gasteiger partial charge in [0.05, 0.1) is 44.1 Å². The minimum Gasteiger partial charge on any atom is -0.394 e. The molecule has 39 heavy (non-hydrogen) atoms. The smallest absolute Gasteiger partial charge is 0.253 e. The van der Waals surface area contributed by atoms with Gasteiger partial charge in [-0.3, -0.25) is 4.79 Å². The number of rotatable bonds is 5. The number of hydrogen-bond acceptors (Lipinski definition) is 8. The zero-order valence-corrected chi connectivity index (χ0v) is 23.0. The number of ether oxygens (including phenoxy) is 2. The molecule has 3 aliphatic rings. The summed E-state index contributed by atoms with van der Waals surface area (Å²) in [5.74, 6) is 2.19. The molecule has 208 valence electrons. The fourth-order valence-electron chi connectivity index (χ4n) is 6.51.